The van der Waals surface area contributed by atoms with E-state index < -0.39 is 31.4 Å². The van der Waals surface area contributed by atoms with Crippen LogP contribution >= 0.6 is 19.3 Å². The van der Waals surface area contributed by atoms with Crippen LogP contribution in [0.4, 0.5) is 5.95 Å². The smallest absolute Gasteiger partial charge is 0.413 e. The van der Waals surface area contributed by atoms with Crippen molar-refractivity contribution in [3.8, 4) is 5.75 Å². The molecule has 0 spiro atoms. The molecule has 15 heteroatoms. The van der Waals surface area contributed by atoms with Gasteiger partial charge in [-0.25, -0.2) is 14.6 Å². The standard InChI is InChI=1S/C40H53ClN7O6P/c1-3-4-5-6-7-8-9-10-11-12-13-14-15-16-17-18-19-20-36(50)43-25-26-45-55(52,54-32-23-21-31(41)22-24-32)53-28-33-30(2)34(27-35(33)49)48-29-44-37-38(48)46-40(42)47-39(37)51/h4-5,7-8,10-11,13-14,16-17,21-24,29,33-35,49H,2-3,6,9,12,15,18-20,25-28H2,1H3,(H,43,50)(H,45,52)(H3,42,46,47,51)/b5-4-,8-7-,11-10-,14-13-,17-16-/t33-,34?,35-,55?/m0/s1. The number of carbonyl (C=O) groups excluding carboxylic acids is 1. The summed E-state index contributed by atoms with van der Waals surface area (Å²) in [6, 6.07) is 5.83. The summed E-state index contributed by atoms with van der Waals surface area (Å²) in [5, 5.41) is 17.1. The van der Waals surface area contributed by atoms with E-state index in [1.165, 1.54) is 6.33 Å². The second kappa shape index (κ2) is 22.8. The number of rotatable bonds is 23. The summed E-state index contributed by atoms with van der Waals surface area (Å²) in [5.41, 5.74) is 6.22. The van der Waals surface area contributed by atoms with Crippen molar-refractivity contribution in [2.45, 2.75) is 76.9 Å². The number of aromatic amines is 1. The fourth-order valence-electron chi connectivity index (χ4n) is 5.87. The third-order valence-electron chi connectivity index (χ3n) is 8.77. The summed E-state index contributed by atoms with van der Waals surface area (Å²) in [6.45, 7) is 6.39. The van der Waals surface area contributed by atoms with E-state index in [1.807, 2.05) is 0 Å². The zero-order chi connectivity index (χ0) is 39.5. The maximum absolute atomic E-state index is 14.0. The molecule has 1 aliphatic carbocycles. The number of aliphatic hydroxyl groups is 1. The molecular formula is C40H53ClN7O6P. The number of amides is 1. The van der Waals surface area contributed by atoms with Gasteiger partial charge in [0.25, 0.3) is 5.56 Å². The Balaban J connectivity index is 1.19. The van der Waals surface area contributed by atoms with Gasteiger partial charge in [0.1, 0.15) is 5.75 Å². The molecule has 2 heterocycles. The zero-order valence-corrected chi connectivity index (χ0v) is 33.0. The Kier molecular flexibility index (Phi) is 17.9. The molecule has 0 saturated heterocycles. The number of hydrogen-bond donors (Lipinski definition) is 5. The SMILES string of the molecule is C=C1C(n2cnc3c(=O)[nH]c(N)nc32)C[C@H](O)[C@H]1COP(=O)(NCCNC(=O)CCC/C=C\C/C=C\C/C=C\C/C=C\C/C=C\CC)Oc1ccc(Cl)cc1. The van der Waals surface area contributed by atoms with Gasteiger partial charge in [0.05, 0.1) is 25.1 Å². The van der Waals surface area contributed by atoms with Gasteiger partial charge in [-0.05, 0) is 81.2 Å². The first-order chi connectivity index (χ1) is 26.6. The van der Waals surface area contributed by atoms with Gasteiger partial charge in [-0.15, -0.1) is 0 Å². The molecule has 3 aromatic rings. The fraction of sp³-hybridized carbons (Fsp3) is 0.400. The third-order valence-corrected chi connectivity index (χ3v) is 10.6. The van der Waals surface area contributed by atoms with Crippen molar-refractivity contribution in [1.29, 1.82) is 0 Å². The lowest BCUT2D eigenvalue weighted by Crippen LogP contribution is -2.32. The van der Waals surface area contributed by atoms with Crippen LogP contribution < -0.4 is 26.2 Å². The van der Waals surface area contributed by atoms with E-state index in [0.29, 0.717) is 23.4 Å². The Labute approximate surface area is 327 Å². The van der Waals surface area contributed by atoms with Gasteiger partial charge in [-0.1, -0.05) is 85.9 Å². The molecule has 2 aromatic heterocycles. The predicted molar refractivity (Wildman–Crippen MR) is 220 cm³/mol. The monoisotopic (exact) mass is 793 g/mol. The number of carbonyl (C=O) groups is 1. The van der Waals surface area contributed by atoms with E-state index in [9.17, 15) is 19.3 Å². The van der Waals surface area contributed by atoms with Crippen molar-refractivity contribution in [3.63, 3.8) is 0 Å². The number of nitrogens with two attached hydrogens (primary N) is 1. The van der Waals surface area contributed by atoms with Gasteiger partial charge in [0.2, 0.25) is 11.9 Å². The number of nitrogen functional groups attached to an aromatic ring is 1. The Hall–Kier alpha value is -4.52. The zero-order valence-electron chi connectivity index (χ0n) is 31.3. The molecule has 0 bridgehead atoms. The highest BCUT2D eigenvalue weighted by molar-refractivity contribution is 7.52. The highest BCUT2D eigenvalue weighted by Gasteiger charge is 2.40. The van der Waals surface area contributed by atoms with E-state index in [2.05, 4.69) is 99.6 Å². The average molecular weight is 794 g/mol. The number of halogens is 1. The van der Waals surface area contributed by atoms with Crippen molar-refractivity contribution >= 4 is 42.4 Å². The summed E-state index contributed by atoms with van der Waals surface area (Å²) in [6.07, 6.45) is 28.9. The molecule has 296 valence electrons. The van der Waals surface area contributed by atoms with Crippen LogP contribution in [0.1, 0.15) is 70.8 Å². The Morgan fingerprint density at radius 1 is 1.05 bits per heavy atom. The van der Waals surface area contributed by atoms with E-state index in [0.717, 1.165) is 38.5 Å². The minimum absolute atomic E-state index is 0.0628. The molecule has 2 unspecified atom stereocenters. The molecule has 1 amide bonds. The summed E-state index contributed by atoms with van der Waals surface area (Å²) >= 11 is 6.02. The number of fused-ring (bicyclic) bond motifs is 1. The number of imidazole rings is 1. The van der Waals surface area contributed by atoms with Gasteiger partial charge in [0, 0.05) is 30.5 Å². The predicted octanol–water partition coefficient (Wildman–Crippen LogP) is 7.66. The van der Waals surface area contributed by atoms with Crippen molar-refractivity contribution in [3.05, 3.63) is 119 Å². The molecule has 55 heavy (non-hydrogen) atoms. The van der Waals surface area contributed by atoms with E-state index in [4.69, 9.17) is 26.4 Å². The van der Waals surface area contributed by atoms with E-state index >= 15 is 0 Å². The van der Waals surface area contributed by atoms with Crippen molar-refractivity contribution in [1.82, 2.24) is 29.9 Å². The number of aromatic nitrogens is 4. The third kappa shape index (κ3) is 14.2. The molecule has 1 aliphatic rings. The van der Waals surface area contributed by atoms with Gasteiger partial charge in [-0.2, -0.15) is 4.98 Å². The van der Waals surface area contributed by atoms with E-state index in [-0.39, 0.29) is 54.9 Å². The quantitative estimate of drug-likeness (QED) is 0.0363. The molecule has 4 rings (SSSR count). The molecule has 1 aromatic carbocycles. The lowest BCUT2D eigenvalue weighted by molar-refractivity contribution is -0.121. The summed E-state index contributed by atoms with van der Waals surface area (Å²) in [5.74, 6) is -0.562. The number of nitrogens with zero attached hydrogens (tertiary/aromatic N) is 3. The molecule has 4 atom stereocenters. The van der Waals surface area contributed by atoms with Crippen LogP contribution in [0.15, 0.2) is 108 Å². The summed E-state index contributed by atoms with van der Waals surface area (Å²) < 4.78 is 27.3. The van der Waals surface area contributed by atoms with Gasteiger partial charge in [0.15, 0.2) is 11.2 Å². The second-order valence-corrected chi connectivity index (χ2v) is 15.2. The average Bonchev–Trinajstić information content (AvgIpc) is 3.70. The maximum Gasteiger partial charge on any atom is 0.458 e. The number of unbranched alkanes of at least 4 members (excludes halogenated alkanes) is 1. The first-order valence-electron chi connectivity index (χ1n) is 18.7. The minimum atomic E-state index is -4.02. The van der Waals surface area contributed by atoms with Crippen LogP contribution in [0.25, 0.3) is 11.2 Å². The first kappa shape index (κ1) is 43.2. The van der Waals surface area contributed by atoms with Crippen LogP contribution in [-0.2, 0) is 13.9 Å². The van der Waals surface area contributed by atoms with Crippen LogP contribution in [0.2, 0.25) is 5.02 Å². The van der Waals surface area contributed by atoms with Gasteiger partial charge in [-0.3, -0.25) is 19.1 Å². The van der Waals surface area contributed by atoms with Crippen molar-refractivity contribution in [2.75, 3.05) is 25.4 Å². The summed E-state index contributed by atoms with van der Waals surface area (Å²) in [7, 11) is -4.02. The lowest BCUT2D eigenvalue weighted by Gasteiger charge is -2.23. The number of nitrogens with one attached hydrogen (secondary N) is 3. The van der Waals surface area contributed by atoms with Crippen LogP contribution in [0.3, 0.4) is 0 Å². The van der Waals surface area contributed by atoms with Gasteiger partial charge >= 0.3 is 7.75 Å². The Morgan fingerprint density at radius 2 is 1.69 bits per heavy atom. The molecule has 1 saturated carbocycles. The normalized spacial score (nSPS) is 18.9. The highest BCUT2D eigenvalue weighted by atomic mass is 35.5. The number of benzene rings is 1. The Bertz CT molecular complexity index is 1950. The largest absolute Gasteiger partial charge is 0.458 e. The van der Waals surface area contributed by atoms with Crippen LogP contribution in [0.5, 0.6) is 5.75 Å². The Morgan fingerprint density at radius 3 is 2.35 bits per heavy atom. The van der Waals surface area contributed by atoms with Gasteiger partial charge < -0.3 is 25.2 Å². The fourth-order valence-corrected chi connectivity index (χ4v) is 7.35. The highest BCUT2D eigenvalue weighted by Crippen LogP contribution is 2.47. The number of allylic oxidation sites excluding steroid dienone is 10. The molecule has 6 N–H and O–H groups in total. The summed E-state index contributed by atoms with van der Waals surface area (Å²) in [4.78, 5) is 35.5. The lowest BCUT2D eigenvalue weighted by atomic mass is 10.0. The second-order valence-electron chi connectivity index (χ2n) is 13.0. The number of hydrogen-bond acceptors (Lipinski definition) is 9. The molecule has 1 fully saturated rings. The molecule has 13 nitrogen and oxygen atoms in total. The molecule has 0 aliphatic heterocycles. The minimum Gasteiger partial charge on any atom is -0.413 e. The number of anilines is 1. The van der Waals surface area contributed by atoms with Crippen LogP contribution in [-0.4, -0.2) is 56.3 Å². The molecular weight excluding hydrogens is 741 g/mol. The van der Waals surface area contributed by atoms with E-state index in [1.54, 1.807) is 28.8 Å². The maximum atomic E-state index is 14.0. The number of aliphatic hydroxyl groups excluding tert-OH is 1. The first-order valence-corrected chi connectivity index (χ1v) is 20.6. The van der Waals surface area contributed by atoms with Crippen molar-refractivity contribution < 1.29 is 23.5 Å². The number of H-pyrrole nitrogens is 1. The van der Waals surface area contributed by atoms with Crippen LogP contribution in [0, 0.1) is 5.92 Å². The van der Waals surface area contributed by atoms with Crippen molar-refractivity contribution in [2.24, 2.45) is 5.92 Å². The molecule has 0 radical (unpaired) electrons. The topological polar surface area (TPSA) is 186 Å².